The second kappa shape index (κ2) is 7.40. The van der Waals surface area contributed by atoms with Gasteiger partial charge in [0.1, 0.15) is 6.10 Å². The molecule has 0 aliphatic carbocycles. The van der Waals surface area contributed by atoms with Crippen LogP contribution in [0.2, 0.25) is 18.6 Å². The van der Waals surface area contributed by atoms with Crippen molar-refractivity contribution in [2.45, 2.75) is 70.4 Å². The van der Waals surface area contributed by atoms with Gasteiger partial charge in [-0.1, -0.05) is 55.5 Å². The van der Waals surface area contributed by atoms with E-state index in [0.29, 0.717) is 5.54 Å². The summed E-state index contributed by atoms with van der Waals surface area (Å²) >= 11 is 0. The third-order valence-corrected chi connectivity index (χ3v) is 10.4. The minimum Gasteiger partial charge on any atom is -0.461 e. The van der Waals surface area contributed by atoms with Crippen LogP contribution < -0.4 is 5.19 Å². The summed E-state index contributed by atoms with van der Waals surface area (Å²) in [4.78, 5) is 12.2. The van der Waals surface area contributed by atoms with Crippen LogP contribution in [0.25, 0.3) is 0 Å². The molecule has 1 aliphatic rings. The summed E-state index contributed by atoms with van der Waals surface area (Å²) in [5.41, 5.74) is 0.272. The number of hydrogen-bond donors (Lipinski definition) is 0. The molecule has 0 saturated carbocycles. The number of ether oxygens (including phenoxy) is 2. The fraction of sp³-hybridized carbons (Fsp3) is 0.650. The van der Waals surface area contributed by atoms with E-state index in [2.05, 4.69) is 64.2 Å². The molecule has 1 aromatic carbocycles. The smallest absolute Gasteiger partial charge is 0.313 e. The van der Waals surface area contributed by atoms with Gasteiger partial charge in [0, 0.05) is 7.11 Å². The highest BCUT2D eigenvalue weighted by Crippen LogP contribution is 2.41. The molecule has 1 fully saturated rings. The van der Waals surface area contributed by atoms with Gasteiger partial charge in [-0.2, -0.15) is 0 Å². The lowest BCUT2D eigenvalue weighted by Gasteiger charge is -2.44. The van der Waals surface area contributed by atoms with E-state index in [1.54, 1.807) is 7.11 Å². The molecule has 134 valence electrons. The highest BCUT2D eigenvalue weighted by atomic mass is 28.3. The van der Waals surface area contributed by atoms with Gasteiger partial charge >= 0.3 is 5.97 Å². The molecule has 4 heteroatoms. The number of hydrogen-bond acceptors (Lipinski definition) is 3. The van der Waals surface area contributed by atoms with E-state index in [-0.39, 0.29) is 23.6 Å². The number of rotatable bonds is 8. The summed E-state index contributed by atoms with van der Waals surface area (Å²) < 4.78 is 11.0. The lowest BCUT2D eigenvalue weighted by molar-refractivity contribution is -0.185. The fourth-order valence-electron chi connectivity index (χ4n) is 3.56. The Morgan fingerprint density at radius 3 is 2.42 bits per heavy atom. The Balaban J connectivity index is 2.00. The molecule has 3 atom stereocenters. The Labute approximate surface area is 147 Å². The Kier molecular flexibility index (Phi) is 5.92. The van der Waals surface area contributed by atoms with E-state index >= 15 is 0 Å². The van der Waals surface area contributed by atoms with E-state index < -0.39 is 8.07 Å². The van der Waals surface area contributed by atoms with Gasteiger partial charge in [-0.25, -0.2) is 0 Å². The predicted molar refractivity (Wildman–Crippen MR) is 101 cm³/mol. The van der Waals surface area contributed by atoms with Crippen LogP contribution >= 0.6 is 0 Å². The molecule has 0 N–H and O–H groups in total. The molecule has 0 spiro atoms. The van der Waals surface area contributed by atoms with Crippen LogP contribution in [0, 0.1) is 5.92 Å². The van der Waals surface area contributed by atoms with Gasteiger partial charge in [-0.3, -0.25) is 4.79 Å². The maximum atomic E-state index is 12.2. The van der Waals surface area contributed by atoms with Crippen molar-refractivity contribution in [3.05, 3.63) is 30.3 Å². The standard InChI is InChI=1S/C20H32O3Si/c1-15(24(5,6)16-11-8-7-9-12-16)18-17(23-19(18)21)13-10-14-20(2,3)22-4/h7-9,11-12,15,17-18H,10,13-14H2,1-6H3. The van der Waals surface area contributed by atoms with Crippen LogP contribution in [0.4, 0.5) is 0 Å². The van der Waals surface area contributed by atoms with Crippen LogP contribution in [0.1, 0.15) is 40.0 Å². The van der Waals surface area contributed by atoms with Gasteiger partial charge in [0.05, 0.1) is 19.6 Å². The molecular formula is C20H32O3Si. The van der Waals surface area contributed by atoms with E-state index in [0.717, 1.165) is 19.3 Å². The lowest BCUT2D eigenvalue weighted by atomic mass is 9.88. The van der Waals surface area contributed by atoms with Crippen LogP contribution in [0.5, 0.6) is 0 Å². The Morgan fingerprint density at radius 2 is 1.88 bits per heavy atom. The van der Waals surface area contributed by atoms with Crippen molar-refractivity contribution >= 4 is 19.2 Å². The van der Waals surface area contributed by atoms with Crippen molar-refractivity contribution in [3.8, 4) is 0 Å². The summed E-state index contributed by atoms with van der Waals surface area (Å²) in [5.74, 6) is 0.0486. The molecule has 1 aliphatic heterocycles. The van der Waals surface area contributed by atoms with Gasteiger partial charge < -0.3 is 9.47 Å². The minimum absolute atomic E-state index is 0.00462. The van der Waals surface area contributed by atoms with Crippen molar-refractivity contribution in [2.75, 3.05) is 7.11 Å². The van der Waals surface area contributed by atoms with Crippen LogP contribution in [-0.4, -0.2) is 32.9 Å². The second-order valence-electron chi connectivity index (χ2n) is 8.23. The molecule has 1 heterocycles. The van der Waals surface area contributed by atoms with E-state index in [1.165, 1.54) is 5.19 Å². The first kappa shape index (κ1) is 19.2. The normalized spacial score (nSPS) is 22.7. The average Bonchev–Trinajstić information content (AvgIpc) is 2.54. The number of benzene rings is 1. The molecular weight excluding hydrogens is 316 g/mol. The SMILES string of the molecule is COC(C)(C)CCCC1OC(=O)C1C(C)[Si](C)(C)c1ccccc1. The summed E-state index contributed by atoms with van der Waals surface area (Å²) in [6, 6.07) is 10.7. The summed E-state index contributed by atoms with van der Waals surface area (Å²) in [5, 5.41) is 1.41. The number of carbonyl (C=O) groups excluding carboxylic acids is 1. The first-order valence-corrected chi connectivity index (χ1v) is 12.1. The maximum absolute atomic E-state index is 12.2. The van der Waals surface area contributed by atoms with Crippen LogP contribution in [0.3, 0.4) is 0 Å². The van der Waals surface area contributed by atoms with Gasteiger partial charge in [0.15, 0.2) is 0 Å². The van der Waals surface area contributed by atoms with Gasteiger partial charge in [0.25, 0.3) is 0 Å². The monoisotopic (exact) mass is 348 g/mol. The van der Waals surface area contributed by atoms with Gasteiger partial charge in [0.2, 0.25) is 0 Å². The zero-order chi connectivity index (χ0) is 18.0. The summed E-state index contributed by atoms with van der Waals surface area (Å²) in [6.45, 7) is 11.2. The highest BCUT2D eigenvalue weighted by molar-refractivity contribution is 6.91. The average molecular weight is 349 g/mol. The molecule has 0 amide bonds. The molecule has 3 nitrogen and oxygen atoms in total. The maximum Gasteiger partial charge on any atom is 0.313 e. The van der Waals surface area contributed by atoms with Crippen molar-refractivity contribution < 1.29 is 14.3 Å². The molecule has 2 rings (SSSR count). The summed E-state index contributed by atoms with van der Waals surface area (Å²) in [7, 11) is 0.0447. The van der Waals surface area contributed by atoms with Crippen molar-refractivity contribution in [3.63, 3.8) is 0 Å². The number of carbonyl (C=O) groups is 1. The van der Waals surface area contributed by atoms with Crippen LogP contribution in [0.15, 0.2) is 30.3 Å². The van der Waals surface area contributed by atoms with E-state index in [1.807, 2.05) is 0 Å². The first-order valence-electron chi connectivity index (χ1n) is 9.00. The van der Waals surface area contributed by atoms with E-state index in [9.17, 15) is 4.79 Å². The van der Waals surface area contributed by atoms with Crippen molar-refractivity contribution in [1.29, 1.82) is 0 Å². The van der Waals surface area contributed by atoms with E-state index in [4.69, 9.17) is 9.47 Å². The molecule has 1 saturated heterocycles. The first-order chi connectivity index (χ1) is 11.2. The van der Waals surface area contributed by atoms with Gasteiger partial charge in [-0.05, 0) is 38.7 Å². The van der Waals surface area contributed by atoms with Gasteiger partial charge in [-0.15, -0.1) is 0 Å². The topological polar surface area (TPSA) is 35.5 Å². The number of methoxy groups -OCH3 is 1. The Morgan fingerprint density at radius 1 is 1.25 bits per heavy atom. The predicted octanol–water partition coefficient (Wildman–Crippen LogP) is 4.13. The second-order valence-corrected chi connectivity index (χ2v) is 13.2. The molecule has 0 bridgehead atoms. The number of cyclic esters (lactones) is 1. The number of esters is 1. The minimum atomic E-state index is -1.71. The lowest BCUT2D eigenvalue weighted by Crippen LogP contribution is -2.56. The van der Waals surface area contributed by atoms with Crippen molar-refractivity contribution in [2.24, 2.45) is 5.92 Å². The molecule has 0 aromatic heterocycles. The van der Waals surface area contributed by atoms with Crippen LogP contribution in [-0.2, 0) is 14.3 Å². The highest BCUT2D eigenvalue weighted by Gasteiger charge is 2.50. The molecule has 1 aromatic rings. The largest absolute Gasteiger partial charge is 0.461 e. The Hall–Kier alpha value is -1.13. The molecule has 0 radical (unpaired) electrons. The quantitative estimate of drug-likeness (QED) is 0.523. The fourth-order valence-corrected chi connectivity index (χ4v) is 6.38. The third kappa shape index (κ3) is 4.09. The third-order valence-electron chi connectivity index (χ3n) is 5.96. The molecule has 24 heavy (non-hydrogen) atoms. The summed E-state index contributed by atoms with van der Waals surface area (Å²) in [6.07, 6.45) is 3.02. The van der Waals surface area contributed by atoms with Crippen molar-refractivity contribution in [1.82, 2.24) is 0 Å². The zero-order valence-electron chi connectivity index (χ0n) is 16.0. The Bertz CT molecular complexity index is 553. The zero-order valence-corrected chi connectivity index (χ0v) is 17.0. The molecule has 3 unspecified atom stereocenters.